The van der Waals surface area contributed by atoms with Crippen molar-refractivity contribution in [2.75, 3.05) is 6.54 Å². The van der Waals surface area contributed by atoms with Gasteiger partial charge in [0.15, 0.2) is 0 Å². The maximum Gasteiger partial charge on any atom is 0.0656 e. The monoisotopic (exact) mass is 173 g/mol. The quantitative estimate of drug-likeness (QED) is 0.723. The SMILES string of the molecule is NCC=Cc1ccc2cn[nH]c2c1. The molecule has 0 amide bonds. The summed E-state index contributed by atoms with van der Waals surface area (Å²) >= 11 is 0. The van der Waals surface area contributed by atoms with E-state index < -0.39 is 0 Å². The lowest BCUT2D eigenvalue weighted by atomic mass is 10.1. The van der Waals surface area contributed by atoms with E-state index in [1.54, 1.807) is 0 Å². The van der Waals surface area contributed by atoms with Crippen molar-refractivity contribution >= 4 is 17.0 Å². The summed E-state index contributed by atoms with van der Waals surface area (Å²) in [7, 11) is 0. The van der Waals surface area contributed by atoms with Gasteiger partial charge >= 0.3 is 0 Å². The van der Waals surface area contributed by atoms with Crippen LogP contribution in [0, 0.1) is 0 Å². The van der Waals surface area contributed by atoms with E-state index in [2.05, 4.69) is 16.3 Å². The Kier molecular flexibility index (Phi) is 2.10. The van der Waals surface area contributed by atoms with Crippen LogP contribution in [-0.2, 0) is 0 Å². The second kappa shape index (κ2) is 3.41. The van der Waals surface area contributed by atoms with Crippen molar-refractivity contribution < 1.29 is 0 Å². The largest absolute Gasteiger partial charge is 0.327 e. The number of H-pyrrole nitrogens is 1. The average Bonchev–Trinajstić information content (AvgIpc) is 2.61. The molecule has 0 saturated heterocycles. The van der Waals surface area contributed by atoms with E-state index in [1.165, 1.54) is 0 Å². The summed E-state index contributed by atoms with van der Waals surface area (Å²) in [6, 6.07) is 6.13. The predicted molar refractivity (Wildman–Crippen MR) is 54.2 cm³/mol. The number of hydrogen-bond donors (Lipinski definition) is 2. The normalized spacial score (nSPS) is 11.5. The molecule has 0 aliphatic heterocycles. The van der Waals surface area contributed by atoms with Crippen molar-refractivity contribution in [3.8, 4) is 0 Å². The minimum atomic E-state index is 0.570. The van der Waals surface area contributed by atoms with Crippen LogP contribution < -0.4 is 5.73 Å². The van der Waals surface area contributed by atoms with Gasteiger partial charge in [-0.05, 0) is 11.6 Å². The number of aromatic amines is 1. The highest BCUT2D eigenvalue weighted by molar-refractivity contribution is 5.80. The molecule has 3 heteroatoms. The molecule has 2 rings (SSSR count). The topological polar surface area (TPSA) is 54.7 Å². The molecule has 13 heavy (non-hydrogen) atoms. The highest BCUT2D eigenvalue weighted by Gasteiger charge is 1.94. The molecule has 0 fully saturated rings. The summed E-state index contributed by atoms with van der Waals surface area (Å²) in [5.74, 6) is 0. The Morgan fingerprint density at radius 1 is 1.46 bits per heavy atom. The van der Waals surface area contributed by atoms with E-state index >= 15 is 0 Å². The predicted octanol–water partition coefficient (Wildman–Crippen LogP) is 1.53. The van der Waals surface area contributed by atoms with Gasteiger partial charge < -0.3 is 5.73 Å². The maximum absolute atomic E-state index is 5.36. The summed E-state index contributed by atoms with van der Waals surface area (Å²) in [6.45, 7) is 0.570. The molecular weight excluding hydrogens is 162 g/mol. The molecule has 3 N–H and O–H groups in total. The van der Waals surface area contributed by atoms with Gasteiger partial charge in [-0.3, -0.25) is 5.10 Å². The lowest BCUT2D eigenvalue weighted by Crippen LogP contribution is -1.91. The minimum Gasteiger partial charge on any atom is -0.327 e. The Morgan fingerprint density at radius 3 is 3.23 bits per heavy atom. The van der Waals surface area contributed by atoms with E-state index in [1.807, 2.05) is 30.5 Å². The number of nitrogens with zero attached hydrogens (tertiary/aromatic N) is 1. The highest BCUT2D eigenvalue weighted by Crippen LogP contribution is 2.13. The van der Waals surface area contributed by atoms with Crippen LogP contribution in [-0.4, -0.2) is 16.7 Å². The Labute approximate surface area is 76.3 Å². The Balaban J connectivity index is 2.42. The van der Waals surface area contributed by atoms with Crippen molar-refractivity contribution in [3.63, 3.8) is 0 Å². The number of nitrogens with two attached hydrogens (primary N) is 1. The van der Waals surface area contributed by atoms with Crippen LogP contribution in [0.2, 0.25) is 0 Å². The van der Waals surface area contributed by atoms with E-state index in [0.717, 1.165) is 16.5 Å². The number of fused-ring (bicyclic) bond motifs is 1. The molecule has 0 spiro atoms. The van der Waals surface area contributed by atoms with Crippen LogP contribution in [0.4, 0.5) is 0 Å². The summed E-state index contributed by atoms with van der Waals surface area (Å²) in [5, 5.41) is 8.00. The first-order valence-corrected chi connectivity index (χ1v) is 4.20. The minimum absolute atomic E-state index is 0.570. The van der Waals surface area contributed by atoms with Gasteiger partial charge in [-0.1, -0.05) is 24.3 Å². The van der Waals surface area contributed by atoms with Crippen molar-refractivity contribution in [3.05, 3.63) is 36.0 Å². The van der Waals surface area contributed by atoms with Crippen LogP contribution in [0.25, 0.3) is 17.0 Å². The molecule has 0 unspecified atom stereocenters. The number of aromatic nitrogens is 2. The molecule has 3 nitrogen and oxygen atoms in total. The Morgan fingerprint density at radius 2 is 2.38 bits per heavy atom. The lowest BCUT2D eigenvalue weighted by Gasteiger charge is -1.92. The fourth-order valence-corrected chi connectivity index (χ4v) is 1.26. The molecule has 1 aromatic heterocycles. The van der Waals surface area contributed by atoms with E-state index in [0.29, 0.717) is 6.54 Å². The van der Waals surface area contributed by atoms with Crippen LogP contribution in [0.15, 0.2) is 30.5 Å². The Bertz CT molecular complexity index is 428. The van der Waals surface area contributed by atoms with Crippen LogP contribution in [0.1, 0.15) is 5.56 Å². The second-order valence-corrected chi connectivity index (χ2v) is 2.85. The van der Waals surface area contributed by atoms with Gasteiger partial charge in [-0.25, -0.2) is 0 Å². The molecule has 1 heterocycles. The summed E-state index contributed by atoms with van der Waals surface area (Å²) in [4.78, 5) is 0. The number of rotatable bonds is 2. The molecule has 0 aliphatic carbocycles. The zero-order valence-corrected chi connectivity index (χ0v) is 7.20. The summed E-state index contributed by atoms with van der Waals surface area (Å²) in [5.41, 5.74) is 7.56. The first-order chi connectivity index (χ1) is 6.40. The zero-order valence-electron chi connectivity index (χ0n) is 7.20. The van der Waals surface area contributed by atoms with Gasteiger partial charge in [0.25, 0.3) is 0 Å². The van der Waals surface area contributed by atoms with Crippen molar-refractivity contribution in [2.24, 2.45) is 5.73 Å². The van der Waals surface area contributed by atoms with Gasteiger partial charge in [0.05, 0.1) is 11.7 Å². The zero-order chi connectivity index (χ0) is 9.10. The van der Waals surface area contributed by atoms with Gasteiger partial charge in [0.1, 0.15) is 0 Å². The van der Waals surface area contributed by atoms with E-state index in [-0.39, 0.29) is 0 Å². The van der Waals surface area contributed by atoms with Crippen LogP contribution in [0.5, 0.6) is 0 Å². The molecule has 66 valence electrons. The Hall–Kier alpha value is -1.61. The summed E-state index contributed by atoms with van der Waals surface area (Å²) < 4.78 is 0. The average molecular weight is 173 g/mol. The number of nitrogens with one attached hydrogen (secondary N) is 1. The van der Waals surface area contributed by atoms with Crippen LogP contribution in [0.3, 0.4) is 0 Å². The van der Waals surface area contributed by atoms with E-state index in [4.69, 9.17) is 5.73 Å². The third-order valence-corrected chi connectivity index (χ3v) is 1.91. The fourth-order valence-electron chi connectivity index (χ4n) is 1.26. The fraction of sp³-hybridized carbons (Fsp3) is 0.100. The standard InChI is InChI=1S/C10H11N3/c11-5-1-2-8-3-4-9-7-12-13-10(9)6-8/h1-4,6-7H,5,11H2,(H,12,13). The van der Waals surface area contributed by atoms with Gasteiger partial charge in [0.2, 0.25) is 0 Å². The highest BCUT2D eigenvalue weighted by atomic mass is 15.1. The second-order valence-electron chi connectivity index (χ2n) is 2.85. The van der Waals surface area contributed by atoms with Crippen molar-refractivity contribution in [1.82, 2.24) is 10.2 Å². The summed E-state index contributed by atoms with van der Waals surface area (Å²) in [6.07, 6.45) is 5.74. The maximum atomic E-state index is 5.36. The first kappa shape index (κ1) is 8.01. The van der Waals surface area contributed by atoms with Crippen molar-refractivity contribution in [2.45, 2.75) is 0 Å². The number of benzene rings is 1. The molecule has 0 bridgehead atoms. The first-order valence-electron chi connectivity index (χ1n) is 4.20. The van der Waals surface area contributed by atoms with Gasteiger partial charge in [0, 0.05) is 11.9 Å². The third-order valence-electron chi connectivity index (χ3n) is 1.91. The molecule has 0 saturated carbocycles. The smallest absolute Gasteiger partial charge is 0.0656 e. The third kappa shape index (κ3) is 1.60. The lowest BCUT2D eigenvalue weighted by molar-refractivity contribution is 1.12. The molecule has 2 aromatic rings. The van der Waals surface area contributed by atoms with Gasteiger partial charge in [-0.2, -0.15) is 5.10 Å². The van der Waals surface area contributed by atoms with Gasteiger partial charge in [-0.15, -0.1) is 0 Å². The molecular formula is C10H11N3. The number of hydrogen-bond acceptors (Lipinski definition) is 2. The molecule has 1 aromatic carbocycles. The molecule has 0 atom stereocenters. The molecule has 0 radical (unpaired) electrons. The van der Waals surface area contributed by atoms with E-state index in [9.17, 15) is 0 Å². The van der Waals surface area contributed by atoms with Crippen LogP contribution >= 0.6 is 0 Å². The van der Waals surface area contributed by atoms with Crippen molar-refractivity contribution in [1.29, 1.82) is 0 Å². The molecule has 0 aliphatic rings.